The Hall–Kier alpha value is -1.88. The van der Waals surface area contributed by atoms with Crippen molar-refractivity contribution in [3.05, 3.63) is 35.4 Å². The third-order valence-electron chi connectivity index (χ3n) is 3.05. The van der Waals surface area contributed by atoms with Gasteiger partial charge in [0, 0.05) is 25.2 Å². The molecule has 0 atom stereocenters. The molecule has 0 saturated carbocycles. The van der Waals surface area contributed by atoms with Crippen molar-refractivity contribution in [1.82, 2.24) is 10.6 Å². The van der Waals surface area contributed by atoms with Gasteiger partial charge in [-0.3, -0.25) is 9.59 Å². The van der Waals surface area contributed by atoms with Gasteiger partial charge in [0.2, 0.25) is 0 Å². The molecule has 0 aliphatic heterocycles. The van der Waals surface area contributed by atoms with Gasteiger partial charge >= 0.3 is 5.97 Å². The number of amides is 1. The minimum absolute atomic E-state index is 0.121. The lowest BCUT2D eigenvalue weighted by Crippen LogP contribution is -2.39. The summed E-state index contributed by atoms with van der Waals surface area (Å²) in [6, 6.07) is 7.35. The summed E-state index contributed by atoms with van der Waals surface area (Å²) in [5.74, 6) is -0.960. The number of hydrogen-bond acceptors (Lipinski definition) is 3. The summed E-state index contributed by atoms with van der Waals surface area (Å²) < 4.78 is 0. The molecular weight excluding hydrogens is 256 g/mol. The summed E-state index contributed by atoms with van der Waals surface area (Å²) in [6.45, 7) is 6.65. The molecule has 0 radical (unpaired) electrons. The van der Waals surface area contributed by atoms with Crippen LogP contribution in [0.2, 0.25) is 0 Å². The fourth-order valence-corrected chi connectivity index (χ4v) is 1.55. The van der Waals surface area contributed by atoms with Gasteiger partial charge in [-0.25, -0.2) is 0 Å². The van der Waals surface area contributed by atoms with E-state index in [1.807, 2.05) is 19.1 Å². The number of carbonyl (C=O) groups excluding carboxylic acids is 1. The smallest absolute Gasteiger partial charge is 0.310 e. The van der Waals surface area contributed by atoms with Crippen LogP contribution in [-0.2, 0) is 4.79 Å². The lowest BCUT2D eigenvalue weighted by Gasteiger charge is -2.19. The number of hydrogen-bond donors (Lipinski definition) is 3. The summed E-state index contributed by atoms with van der Waals surface area (Å²) in [4.78, 5) is 22.7. The Labute approximate surface area is 119 Å². The molecule has 0 heterocycles. The molecule has 1 rings (SSSR count). The normalized spacial score (nSPS) is 11.2. The maximum atomic E-state index is 11.8. The van der Waals surface area contributed by atoms with Crippen molar-refractivity contribution >= 4 is 11.9 Å². The molecule has 1 aromatic carbocycles. The zero-order valence-electron chi connectivity index (χ0n) is 12.2. The lowest BCUT2D eigenvalue weighted by atomic mass is 9.94. The first-order valence-corrected chi connectivity index (χ1v) is 6.62. The molecule has 0 unspecified atom stereocenters. The Balaban J connectivity index is 2.26. The van der Waals surface area contributed by atoms with E-state index in [0.717, 1.165) is 5.56 Å². The zero-order valence-corrected chi connectivity index (χ0v) is 12.2. The van der Waals surface area contributed by atoms with Gasteiger partial charge in [0.25, 0.3) is 5.91 Å². The Bertz CT molecular complexity index is 467. The van der Waals surface area contributed by atoms with Crippen LogP contribution in [0.5, 0.6) is 0 Å². The van der Waals surface area contributed by atoms with E-state index in [1.165, 1.54) is 0 Å². The third-order valence-corrected chi connectivity index (χ3v) is 3.05. The molecule has 0 aliphatic carbocycles. The maximum Gasteiger partial charge on any atom is 0.310 e. The second-order valence-corrected chi connectivity index (χ2v) is 5.49. The molecule has 0 spiro atoms. The number of benzene rings is 1. The second kappa shape index (κ2) is 7.05. The monoisotopic (exact) mass is 278 g/mol. The van der Waals surface area contributed by atoms with E-state index in [1.54, 1.807) is 26.0 Å². The van der Waals surface area contributed by atoms with Crippen molar-refractivity contribution in [2.24, 2.45) is 5.41 Å². The largest absolute Gasteiger partial charge is 0.481 e. The predicted molar refractivity (Wildman–Crippen MR) is 77.8 cm³/mol. The SMILES string of the molecule is Cc1ccc(C(=O)NCCNCC(C)(C)C(=O)O)cc1. The lowest BCUT2D eigenvalue weighted by molar-refractivity contribution is -0.146. The summed E-state index contributed by atoms with van der Waals surface area (Å²) in [6.07, 6.45) is 0. The fourth-order valence-electron chi connectivity index (χ4n) is 1.55. The van der Waals surface area contributed by atoms with Crippen molar-refractivity contribution in [3.8, 4) is 0 Å². The van der Waals surface area contributed by atoms with Crippen LogP contribution < -0.4 is 10.6 Å². The van der Waals surface area contributed by atoms with Crippen molar-refractivity contribution in [2.45, 2.75) is 20.8 Å². The quantitative estimate of drug-likeness (QED) is 0.659. The summed E-state index contributed by atoms with van der Waals surface area (Å²) in [5.41, 5.74) is 0.932. The molecule has 0 fully saturated rings. The van der Waals surface area contributed by atoms with E-state index in [-0.39, 0.29) is 5.91 Å². The minimum Gasteiger partial charge on any atom is -0.481 e. The Morgan fingerprint density at radius 1 is 1.15 bits per heavy atom. The van der Waals surface area contributed by atoms with E-state index in [0.29, 0.717) is 25.2 Å². The van der Waals surface area contributed by atoms with Gasteiger partial charge < -0.3 is 15.7 Å². The van der Waals surface area contributed by atoms with Crippen LogP contribution in [0.3, 0.4) is 0 Å². The van der Waals surface area contributed by atoms with Crippen molar-refractivity contribution in [3.63, 3.8) is 0 Å². The Kier molecular flexibility index (Phi) is 5.70. The predicted octanol–water partition coefficient (Wildman–Crippen LogP) is 1.43. The van der Waals surface area contributed by atoms with Crippen molar-refractivity contribution in [1.29, 1.82) is 0 Å². The summed E-state index contributed by atoms with van der Waals surface area (Å²) in [5, 5.41) is 14.8. The van der Waals surface area contributed by atoms with Gasteiger partial charge in [0.1, 0.15) is 0 Å². The number of aliphatic carboxylic acids is 1. The highest BCUT2D eigenvalue weighted by molar-refractivity contribution is 5.94. The van der Waals surface area contributed by atoms with Crippen molar-refractivity contribution < 1.29 is 14.7 Å². The first-order chi connectivity index (χ1) is 9.33. The highest BCUT2D eigenvalue weighted by atomic mass is 16.4. The van der Waals surface area contributed by atoms with Crippen molar-refractivity contribution in [2.75, 3.05) is 19.6 Å². The van der Waals surface area contributed by atoms with Gasteiger partial charge in [-0.2, -0.15) is 0 Å². The third kappa shape index (κ3) is 5.01. The second-order valence-electron chi connectivity index (χ2n) is 5.49. The molecule has 5 heteroatoms. The molecule has 1 aromatic rings. The van der Waals surface area contributed by atoms with Gasteiger partial charge in [-0.15, -0.1) is 0 Å². The van der Waals surface area contributed by atoms with Crippen LogP contribution in [0.25, 0.3) is 0 Å². The molecule has 0 aromatic heterocycles. The van der Waals surface area contributed by atoms with Crippen LogP contribution in [0, 0.1) is 12.3 Å². The highest BCUT2D eigenvalue weighted by Crippen LogP contribution is 2.12. The molecular formula is C15H22N2O3. The average Bonchev–Trinajstić information content (AvgIpc) is 2.38. The maximum absolute atomic E-state index is 11.8. The first-order valence-electron chi connectivity index (χ1n) is 6.62. The van der Waals surface area contributed by atoms with E-state index in [2.05, 4.69) is 10.6 Å². The van der Waals surface area contributed by atoms with Crippen LogP contribution in [0.1, 0.15) is 29.8 Å². The molecule has 0 bridgehead atoms. The first kappa shape index (κ1) is 16.2. The summed E-state index contributed by atoms with van der Waals surface area (Å²) >= 11 is 0. The number of nitrogens with one attached hydrogen (secondary N) is 2. The molecule has 0 aliphatic rings. The zero-order chi connectivity index (χ0) is 15.2. The topological polar surface area (TPSA) is 78.4 Å². The van der Waals surface area contributed by atoms with E-state index >= 15 is 0 Å². The van der Waals surface area contributed by atoms with Gasteiger partial charge in [0.05, 0.1) is 5.41 Å². The Morgan fingerprint density at radius 3 is 2.30 bits per heavy atom. The molecule has 20 heavy (non-hydrogen) atoms. The molecule has 3 N–H and O–H groups in total. The van der Waals surface area contributed by atoms with Gasteiger partial charge in [-0.1, -0.05) is 17.7 Å². The van der Waals surface area contributed by atoms with E-state index in [4.69, 9.17) is 5.11 Å². The van der Waals surface area contributed by atoms with Crippen LogP contribution in [0.4, 0.5) is 0 Å². The van der Waals surface area contributed by atoms with Gasteiger partial charge in [-0.05, 0) is 32.9 Å². The number of carboxylic acid groups (broad SMARTS) is 1. The van der Waals surface area contributed by atoms with E-state index in [9.17, 15) is 9.59 Å². The number of aryl methyl sites for hydroxylation is 1. The standard InChI is InChI=1S/C15H22N2O3/c1-11-4-6-12(7-5-11)13(18)17-9-8-16-10-15(2,3)14(19)20/h4-7,16H,8-10H2,1-3H3,(H,17,18)(H,19,20). The average molecular weight is 278 g/mol. The highest BCUT2D eigenvalue weighted by Gasteiger charge is 2.26. The van der Waals surface area contributed by atoms with E-state index < -0.39 is 11.4 Å². The van der Waals surface area contributed by atoms with Crippen LogP contribution >= 0.6 is 0 Å². The fraction of sp³-hybridized carbons (Fsp3) is 0.467. The molecule has 110 valence electrons. The minimum atomic E-state index is -0.839. The number of rotatable bonds is 7. The van der Waals surface area contributed by atoms with Crippen LogP contribution in [0.15, 0.2) is 24.3 Å². The summed E-state index contributed by atoms with van der Waals surface area (Å²) in [7, 11) is 0. The molecule has 0 saturated heterocycles. The molecule has 1 amide bonds. The van der Waals surface area contributed by atoms with Gasteiger partial charge in [0.15, 0.2) is 0 Å². The number of carbonyl (C=O) groups is 2. The number of carboxylic acids is 1. The Morgan fingerprint density at radius 2 is 1.75 bits per heavy atom. The van der Waals surface area contributed by atoms with Crippen LogP contribution in [-0.4, -0.2) is 36.6 Å². The molecule has 5 nitrogen and oxygen atoms in total.